The standard InChI is InChI=1S/C19H13F4N7O/c20-12-4-6-14(7-5-12)30-17(19(21,22)23)16(26-28-30)18(31)25-15-8-10-29(27-15)11-13-3-1-2-9-24-13/h1-10H,11H2,(H,25,27,31). The zero-order valence-electron chi connectivity index (χ0n) is 15.6. The molecule has 1 aromatic carbocycles. The molecular weight excluding hydrogens is 418 g/mol. The highest BCUT2D eigenvalue weighted by Gasteiger charge is 2.42. The predicted octanol–water partition coefficient (Wildman–Crippen LogP) is 3.32. The molecule has 1 N–H and O–H groups in total. The number of carbonyl (C=O) groups is 1. The Morgan fingerprint density at radius 2 is 1.84 bits per heavy atom. The van der Waals surface area contributed by atoms with Crippen LogP contribution >= 0.6 is 0 Å². The molecule has 4 aromatic rings. The minimum absolute atomic E-state index is 0.0328. The fourth-order valence-corrected chi connectivity index (χ4v) is 2.80. The van der Waals surface area contributed by atoms with Crippen molar-refractivity contribution in [1.82, 2.24) is 29.8 Å². The van der Waals surface area contributed by atoms with Gasteiger partial charge in [-0.3, -0.25) is 14.5 Å². The zero-order chi connectivity index (χ0) is 22.0. The summed E-state index contributed by atoms with van der Waals surface area (Å²) in [5.74, 6) is -1.73. The lowest BCUT2D eigenvalue weighted by atomic mass is 10.2. The Hall–Kier alpha value is -4.09. The number of carbonyl (C=O) groups excluding carboxylic acids is 1. The van der Waals surface area contributed by atoms with E-state index in [1.807, 2.05) is 0 Å². The molecule has 4 rings (SSSR count). The number of amides is 1. The third-order valence-electron chi connectivity index (χ3n) is 4.16. The molecule has 0 radical (unpaired) electrons. The lowest BCUT2D eigenvalue weighted by Crippen LogP contribution is -2.21. The van der Waals surface area contributed by atoms with Crippen LogP contribution in [0.2, 0.25) is 0 Å². The summed E-state index contributed by atoms with van der Waals surface area (Å²) in [5, 5.41) is 13.2. The summed E-state index contributed by atoms with van der Waals surface area (Å²) in [4.78, 5) is 16.6. The van der Waals surface area contributed by atoms with Gasteiger partial charge in [0.2, 0.25) is 0 Å². The number of aromatic nitrogens is 6. The SMILES string of the molecule is O=C(Nc1ccn(Cc2ccccn2)n1)c1nnn(-c2ccc(F)cc2)c1C(F)(F)F. The molecule has 0 aliphatic rings. The molecule has 3 aromatic heterocycles. The van der Waals surface area contributed by atoms with Gasteiger partial charge < -0.3 is 5.32 Å². The number of pyridine rings is 1. The van der Waals surface area contributed by atoms with Crippen LogP contribution in [-0.4, -0.2) is 35.7 Å². The summed E-state index contributed by atoms with van der Waals surface area (Å²) in [6.07, 6.45) is -1.78. The predicted molar refractivity (Wildman–Crippen MR) is 99.8 cm³/mol. The molecule has 0 unspecified atom stereocenters. The Bertz CT molecular complexity index is 1200. The Kier molecular flexibility index (Phi) is 5.19. The second-order valence-electron chi connectivity index (χ2n) is 6.35. The zero-order valence-corrected chi connectivity index (χ0v) is 15.6. The first-order valence-electron chi connectivity index (χ1n) is 8.85. The lowest BCUT2D eigenvalue weighted by Gasteiger charge is -2.11. The van der Waals surface area contributed by atoms with Crippen LogP contribution in [0.3, 0.4) is 0 Å². The van der Waals surface area contributed by atoms with Crippen molar-refractivity contribution >= 4 is 11.7 Å². The van der Waals surface area contributed by atoms with Crippen LogP contribution in [0.4, 0.5) is 23.4 Å². The second-order valence-corrected chi connectivity index (χ2v) is 6.35. The highest BCUT2D eigenvalue weighted by molar-refractivity contribution is 6.03. The highest BCUT2D eigenvalue weighted by atomic mass is 19.4. The number of anilines is 1. The van der Waals surface area contributed by atoms with Gasteiger partial charge in [-0.25, -0.2) is 9.07 Å². The van der Waals surface area contributed by atoms with Gasteiger partial charge in [0.1, 0.15) is 5.82 Å². The fraction of sp³-hybridized carbons (Fsp3) is 0.105. The smallest absolute Gasteiger partial charge is 0.304 e. The molecule has 0 atom stereocenters. The number of alkyl halides is 3. The van der Waals surface area contributed by atoms with E-state index in [-0.39, 0.29) is 11.5 Å². The lowest BCUT2D eigenvalue weighted by molar-refractivity contribution is -0.143. The average molecular weight is 431 g/mol. The Morgan fingerprint density at radius 3 is 2.52 bits per heavy atom. The molecule has 0 aliphatic heterocycles. The van der Waals surface area contributed by atoms with E-state index in [1.165, 1.54) is 10.7 Å². The maximum absolute atomic E-state index is 13.7. The first-order chi connectivity index (χ1) is 14.8. The van der Waals surface area contributed by atoms with Crippen molar-refractivity contribution in [3.05, 3.63) is 83.8 Å². The molecule has 0 bridgehead atoms. The normalized spacial score (nSPS) is 11.5. The van der Waals surface area contributed by atoms with Crippen LogP contribution in [0.1, 0.15) is 21.9 Å². The molecule has 0 fully saturated rings. The van der Waals surface area contributed by atoms with E-state index < -0.39 is 29.3 Å². The number of hydrogen-bond acceptors (Lipinski definition) is 5. The summed E-state index contributed by atoms with van der Waals surface area (Å²) in [7, 11) is 0. The molecule has 31 heavy (non-hydrogen) atoms. The fourth-order valence-electron chi connectivity index (χ4n) is 2.80. The van der Waals surface area contributed by atoms with Gasteiger partial charge in [0, 0.05) is 18.5 Å². The second kappa shape index (κ2) is 7.97. The third kappa shape index (κ3) is 4.42. The first-order valence-corrected chi connectivity index (χ1v) is 8.85. The van der Waals surface area contributed by atoms with Gasteiger partial charge in [-0.05, 0) is 36.4 Å². The van der Waals surface area contributed by atoms with Gasteiger partial charge in [0.15, 0.2) is 17.2 Å². The van der Waals surface area contributed by atoms with Crippen LogP contribution in [0.15, 0.2) is 60.9 Å². The van der Waals surface area contributed by atoms with E-state index in [4.69, 9.17) is 0 Å². The van der Waals surface area contributed by atoms with Crippen LogP contribution in [0.5, 0.6) is 0 Å². The Labute approximate surface area is 172 Å². The summed E-state index contributed by atoms with van der Waals surface area (Å²) >= 11 is 0. The van der Waals surface area contributed by atoms with Crippen LogP contribution in [0.25, 0.3) is 5.69 Å². The van der Waals surface area contributed by atoms with E-state index in [1.54, 1.807) is 30.6 Å². The van der Waals surface area contributed by atoms with Crippen molar-refractivity contribution in [3.8, 4) is 5.69 Å². The van der Waals surface area contributed by atoms with E-state index in [9.17, 15) is 22.4 Å². The van der Waals surface area contributed by atoms with Gasteiger partial charge in [-0.15, -0.1) is 5.10 Å². The summed E-state index contributed by atoms with van der Waals surface area (Å²) in [5.41, 5.74) is -1.70. The van der Waals surface area contributed by atoms with Crippen molar-refractivity contribution in [3.63, 3.8) is 0 Å². The molecule has 0 spiro atoms. The quantitative estimate of drug-likeness (QED) is 0.490. The largest absolute Gasteiger partial charge is 0.435 e. The molecule has 12 heteroatoms. The minimum Gasteiger partial charge on any atom is -0.304 e. The summed E-state index contributed by atoms with van der Waals surface area (Å²) in [6, 6.07) is 10.9. The van der Waals surface area contributed by atoms with Gasteiger partial charge in [0.25, 0.3) is 5.91 Å². The molecular formula is C19H13F4N7O. The molecule has 158 valence electrons. The maximum Gasteiger partial charge on any atom is 0.435 e. The maximum atomic E-state index is 13.7. The number of hydrogen-bond donors (Lipinski definition) is 1. The topological polar surface area (TPSA) is 90.5 Å². The molecule has 0 saturated heterocycles. The van der Waals surface area contributed by atoms with Crippen molar-refractivity contribution in [2.75, 3.05) is 5.32 Å². The third-order valence-corrected chi connectivity index (χ3v) is 4.16. The van der Waals surface area contributed by atoms with E-state index in [0.29, 0.717) is 16.9 Å². The minimum atomic E-state index is -4.94. The Balaban J connectivity index is 1.58. The number of halogens is 4. The molecule has 3 heterocycles. The van der Waals surface area contributed by atoms with E-state index in [2.05, 4.69) is 25.7 Å². The Morgan fingerprint density at radius 1 is 1.06 bits per heavy atom. The van der Waals surface area contributed by atoms with Crippen molar-refractivity contribution in [2.45, 2.75) is 12.7 Å². The van der Waals surface area contributed by atoms with Crippen molar-refractivity contribution in [1.29, 1.82) is 0 Å². The summed E-state index contributed by atoms with van der Waals surface area (Å²) < 4.78 is 56.0. The van der Waals surface area contributed by atoms with Crippen LogP contribution in [0, 0.1) is 5.82 Å². The molecule has 0 saturated carbocycles. The van der Waals surface area contributed by atoms with Crippen molar-refractivity contribution < 1.29 is 22.4 Å². The number of benzene rings is 1. The number of nitrogens with one attached hydrogen (secondary N) is 1. The van der Waals surface area contributed by atoms with Gasteiger partial charge in [-0.2, -0.15) is 18.3 Å². The molecule has 1 amide bonds. The van der Waals surface area contributed by atoms with Gasteiger partial charge >= 0.3 is 6.18 Å². The molecule has 0 aliphatic carbocycles. The average Bonchev–Trinajstić information content (AvgIpc) is 3.36. The monoisotopic (exact) mass is 431 g/mol. The van der Waals surface area contributed by atoms with Crippen LogP contribution in [-0.2, 0) is 12.7 Å². The number of rotatable bonds is 5. The number of nitrogens with zero attached hydrogens (tertiary/aromatic N) is 6. The van der Waals surface area contributed by atoms with Gasteiger partial charge in [0.05, 0.1) is 17.9 Å². The highest BCUT2D eigenvalue weighted by Crippen LogP contribution is 2.33. The van der Waals surface area contributed by atoms with Gasteiger partial charge in [-0.1, -0.05) is 11.3 Å². The molecule has 8 nitrogen and oxygen atoms in total. The summed E-state index contributed by atoms with van der Waals surface area (Å²) in [6.45, 7) is 0.311. The first kappa shape index (κ1) is 20.2. The van der Waals surface area contributed by atoms with Crippen LogP contribution < -0.4 is 5.32 Å². The van der Waals surface area contributed by atoms with E-state index >= 15 is 0 Å². The van der Waals surface area contributed by atoms with E-state index in [0.717, 1.165) is 24.3 Å². The van der Waals surface area contributed by atoms with Crippen molar-refractivity contribution in [2.24, 2.45) is 0 Å².